The van der Waals surface area contributed by atoms with E-state index in [2.05, 4.69) is 0 Å². The molecule has 2 aromatic carbocycles. The molecule has 0 aliphatic rings. The summed E-state index contributed by atoms with van der Waals surface area (Å²) < 4.78 is 21.3. The highest BCUT2D eigenvalue weighted by atomic mass is 32.2. The van der Waals surface area contributed by atoms with Crippen LogP contribution in [0.5, 0.6) is 0 Å². The average Bonchev–Trinajstić information content (AvgIpc) is 2.46. The maximum Gasteiger partial charge on any atom is 0.120 e. The van der Waals surface area contributed by atoms with Gasteiger partial charge in [0.2, 0.25) is 0 Å². The van der Waals surface area contributed by atoms with Crippen LogP contribution in [-0.4, -0.2) is 15.0 Å². The number of carbonyl (C=O) groups excluding carboxylic acids is 1. The van der Waals surface area contributed by atoms with E-state index in [-0.39, 0.29) is 11.7 Å². The number of benzene rings is 2. The lowest BCUT2D eigenvalue weighted by Crippen LogP contribution is -2.02. The van der Waals surface area contributed by atoms with Gasteiger partial charge in [0, 0.05) is 18.1 Å². The Labute approximate surface area is 120 Å². The van der Waals surface area contributed by atoms with Crippen LogP contribution in [-0.2, 0) is 21.6 Å². The summed E-state index contributed by atoms with van der Waals surface area (Å²) in [5.41, 5.74) is 2.85. The summed E-state index contributed by atoms with van der Waals surface area (Å²) in [6.07, 6.45) is 1.33. The third kappa shape index (κ3) is 3.85. The Balaban J connectivity index is 2.26. The van der Waals surface area contributed by atoms with Gasteiger partial charge in [-0.2, -0.15) is 0 Å². The Hall–Kier alpha value is -1.78. The number of rotatable bonds is 6. The normalized spacial score (nSPS) is 13.7. The lowest BCUT2D eigenvalue weighted by atomic mass is 9.89. The van der Waals surface area contributed by atoms with Crippen molar-refractivity contribution in [3.05, 3.63) is 71.3 Å². The summed E-state index contributed by atoms with van der Waals surface area (Å²) in [5, 5.41) is 0. The molecule has 0 saturated carbocycles. The predicted octanol–water partition coefficient (Wildman–Crippen LogP) is 2.79. The summed E-state index contributed by atoms with van der Waals surface area (Å²) in [5.74, 6) is 0.0322. The topological polar surface area (TPSA) is 57.2 Å². The molecular weight excluding hydrogens is 272 g/mol. The molecule has 0 heterocycles. The van der Waals surface area contributed by atoms with E-state index in [1.54, 1.807) is 12.1 Å². The van der Waals surface area contributed by atoms with Crippen molar-refractivity contribution in [2.75, 3.05) is 0 Å². The smallest absolute Gasteiger partial charge is 0.120 e. The lowest BCUT2D eigenvalue weighted by Gasteiger charge is -2.16. The van der Waals surface area contributed by atoms with E-state index >= 15 is 0 Å². The molecule has 0 spiro atoms. The number of hydrogen-bond acceptors (Lipinski definition) is 3. The summed E-state index contributed by atoms with van der Waals surface area (Å²) in [4.78, 5) is 10.9. The third-order valence-corrected chi connectivity index (χ3v) is 3.77. The molecule has 3 nitrogen and oxygen atoms in total. The van der Waals surface area contributed by atoms with E-state index in [1.165, 1.54) is 0 Å². The fourth-order valence-electron chi connectivity index (χ4n) is 2.23. The molecule has 104 valence electrons. The van der Waals surface area contributed by atoms with Crippen LogP contribution >= 0.6 is 0 Å². The molecule has 20 heavy (non-hydrogen) atoms. The average molecular weight is 287 g/mol. The van der Waals surface area contributed by atoms with Gasteiger partial charge in [0.1, 0.15) is 6.29 Å². The molecule has 0 aromatic heterocycles. The second kappa shape index (κ2) is 7.12. The summed E-state index contributed by atoms with van der Waals surface area (Å²) in [7, 11) is 0. The van der Waals surface area contributed by atoms with E-state index in [0.717, 1.165) is 23.0 Å². The summed E-state index contributed by atoms with van der Waals surface area (Å²) >= 11 is -2.08. The van der Waals surface area contributed by atoms with Crippen LogP contribution in [0.15, 0.2) is 54.6 Å². The standard InChI is InChI=1S/C16H16O3S/c17-11-10-16(14-4-2-1-3-5-14)15-8-6-13(7-9-15)12-20(18)19/h1-9,11,16H,10,12H2,(H,18,19)/p-1/t16-/m0/s1. The molecule has 2 aromatic rings. The summed E-state index contributed by atoms with van der Waals surface area (Å²) in [6.45, 7) is 0. The van der Waals surface area contributed by atoms with Crippen LogP contribution in [0.3, 0.4) is 0 Å². The first kappa shape index (κ1) is 14.6. The molecular formula is C16H15O3S-. The Bertz CT molecular complexity index is 578. The molecule has 2 rings (SSSR count). The zero-order valence-electron chi connectivity index (χ0n) is 10.9. The Kier molecular flexibility index (Phi) is 5.21. The first-order valence-electron chi connectivity index (χ1n) is 6.34. The molecule has 4 heteroatoms. The van der Waals surface area contributed by atoms with Gasteiger partial charge in [-0.1, -0.05) is 65.7 Å². The van der Waals surface area contributed by atoms with Crippen LogP contribution < -0.4 is 0 Å². The van der Waals surface area contributed by atoms with E-state index in [9.17, 15) is 13.6 Å². The van der Waals surface area contributed by atoms with E-state index in [4.69, 9.17) is 0 Å². The van der Waals surface area contributed by atoms with Gasteiger partial charge in [-0.25, -0.2) is 0 Å². The fraction of sp³-hybridized carbons (Fsp3) is 0.188. The summed E-state index contributed by atoms with van der Waals surface area (Å²) in [6, 6.07) is 17.2. The molecule has 0 amide bonds. The molecule has 1 unspecified atom stereocenters. The lowest BCUT2D eigenvalue weighted by molar-refractivity contribution is -0.108. The van der Waals surface area contributed by atoms with Gasteiger partial charge in [0.15, 0.2) is 0 Å². The monoisotopic (exact) mass is 287 g/mol. The second-order valence-corrected chi connectivity index (χ2v) is 5.45. The van der Waals surface area contributed by atoms with Crippen molar-refractivity contribution in [2.45, 2.75) is 18.1 Å². The highest BCUT2D eigenvalue weighted by Gasteiger charge is 2.13. The minimum absolute atomic E-state index is 0.0144. The first-order valence-corrected chi connectivity index (χ1v) is 7.58. The molecule has 0 saturated heterocycles. The number of hydrogen-bond donors (Lipinski definition) is 0. The van der Waals surface area contributed by atoms with Crippen LogP contribution in [0.1, 0.15) is 29.0 Å². The minimum atomic E-state index is -2.08. The van der Waals surface area contributed by atoms with Gasteiger partial charge < -0.3 is 9.35 Å². The van der Waals surface area contributed by atoms with Crippen LogP contribution in [0, 0.1) is 0 Å². The van der Waals surface area contributed by atoms with Crippen molar-refractivity contribution in [3.8, 4) is 0 Å². The maximum atomic E-state index is 10.9. The molecule has 0 bridgehead atoms. The van der Waals surface area contributed by atoms with E-state index in [0.29, 0.717) is 6.42 Å². The Morgan fingerprint density at radius 2 is 1.60 bits per heavy atom. The number of aldehydes is 1. The quantitative estimate of drug-likeness (QED) is 0.606. The Morgan fingerprint density at radius 1 is 1.00 bits per heavy atom. The van der Waals surface area contributed by atoms with Crippen molar-refractivity contribution in [3.63, 3.8) is 0 Å². The third-order valence-electron chi connectivity index (χ3n) is 3.20. The SMILES string of the molecule is O=CC[C@@H](c1ccccc1)c1ccc(CS(=O)[O-])cc1. The largest absolute Gasteiger partial charge is 0.772 e. The highest BCUT2D eigenvalue weighted by Crippen LogP contribution is 2.27. The molecule has 2 atom stereocenters. The Morgan fingerprint density at radius 3 is 2.15 bits per heavy atom. The fourth-order valence-corrected chi connectivity index (χ4v) is 2.69. The molecule has 0 aliphatic heterocycles. The predicted molar refractivity (Wildman–Crippen MR) is 78.0 cm³/mol. The van der Waals surface area contributed by atoms with Crippen LogP contribution in [0.25, 0.3) is 0 Å². The molecule has 0 aliphatic carbocycles. The first-order chi connectivity index (χ1) is 9.70. The zero-order chi connectivity index (χ0) is 14.4. The molecule has 0 N–H and O–H groups in total. The van der Waals surface area contributed by atoms with E-state index < -0.39 is 11.1 Å². The maximum absolute atomic E-state index is 10.9. The van der Waals surface area contributed by atoms with Crippen molar-refractivity contribution >= 4 is 17.4 Å². The second-order valence-electron chi connectivity index (χ2n) is 4.56. The van der Waals surface area contributed by atoms with E-state index in [1.807, 2.05) is 42.5 Å². The van der Waals surface area contributed by atoms with Crippen LogP contribution in [0.4, 0.5) is 0 Å². The van der Waals surface area contributed by atoms with Gasteiger partial charge in [0.25, 0.3) is 0 Å². The van der Waals surface area contributed by atoms with Crippen molar-refractivity contribution in [2.24, 2.45) is 0 Å². The van der Waals surface area contributed by atoms with Crippen LogP contribution in [0.2, 0.25) is 0 Å². The van der Waals surface area contributed by atoms with Gasteiger partial charge >= 0.3 is 0 Å². The highest BCUT2D eigenvalue weighted by molar-refractivity contribution is 7.78. The number of carbonyl (C=O) groups is 1. The van der Waals surface area contributed by atoms with Gasteiger partial charge in [-0.05, 0) is 16.7 Å². The van der Waals surface area contributed by atoms with Gasteiger partial charge in [-0.15, -0.1) is 0 Å². The van der Waals surface area contributed by atoms with Crippen molar-refractivity contribution in [1.82, 2.24) is 0 Å². The van der Waals surface area contributed by atoms with Crippen molar-refractivity contribution < 1.29 is 13.6 Å². The molecule has 0 fully saturated rings. The molecule has 0 radical (unpaired) electrons. The minimum Gasteiger partial charge on any atom is -0.772 e. The zero-order valence-corrected chi connectivity index (χ0v) is 11.7. The van der Waals surface area contributed by atoms with Crippen molar-refractivity contribution in [1.29, 1.82) is 0 Å². The van der Waals surface area contributed by atoms with Gasteiger partial charge in [0.05, 0.1) is 0 Å². The van der Waals surface area contributed by atoms with Gasteiger partial charge in [-0.3, -0.25) is 4.21 Å².